The molecule has 4 aromatic rings. The summed E-state index contributed by atoms with van der Waals surface area (Å²) >= 11 is 0. The van der Waals surface area contributed by atoms with Crippen LogP contribution in [0.15, 0.2) is 67.0 Å². The smallest absolute Gasteiger partial charge is 0.319 e. The number of pyridine rings is 1. The minimum atomic E-state index is -0.333. The molecular formula is C23H18FN5O. The van der Waals surface area contributed by atoms with Crippen LogP contribution in [-0.4, -0.2) is 22.0 Å². The number of nitrogens with one attached hydrogen (secondary N) is 2. The van der Waals surface area contributed by atoms with Gasteiger partial charge in [0.05, 0.1) is 23.5 Å². The Kier molecular flexibility index (Phi) is 5.14. The molecule has 6 nitrogen and oxygen atoms in total. The lowest BCUT2D eigenvalue weighted by atomic mass is 10.1. The van der Waals surface area contributed by atoms with Crippen LogP contribution in [0.25, 0.3) is 28.0 Å². The lowest BCUT2D eigenvalue weighted by Gasteiger charge is -2.09. The summed E-state index contributed by atoms with van der Waals surface area (Å²) in [6.07, 6.45) is 3.60. The molecule has 0 saturated carbocycles. The zero-order valence-corrected chi connectivity index (χ0v) is 16.2. The van der Waals surface area contributed by atoms with E-state index in [1.165, 1.54) is 12.1 Å². The van der Waals surface area contributed by atoms with E-state index in [0.29, 0.717) is 23.4 Å². The van der Waals surface area contributed by atoms with Gasteiger partial charge in [-0.25, -0.2) is 14.2 Å². The van der Waals surface area contributed by atoms with Gasteiger partial charge in [-0.2, -0.15) is 5.26 Å². The molecule has 0 saturated heterocycles. The van der Waals surface area contributed by atoms with Gasteiger partial charge in [-0.05, 0) is 60.5 Å². The van der Waals surface area contributed by atoms with Crippen molar-refractivity contribution in [1.82, 2.24) is 14.7 Å². The summed E-state index contributed by atoms with van der Waals surface area (Å²) in [5.74, 6) is -0.280. The maximum atomic E-state index is 13.2. The fraction of sp³-hybridized carbons (Fsp3) is 0.0870. The second-order valence-electron chi connectivity index (χ2n) is 6.69. The number of carbonyl (C=O) groups excluding carboxylic acids is 1. The van der Waals surface area contributed by atoms with Crippen molar-refractivity contribution in [2.24, 2.45) is 0 Å². The number of nitriles is 1. The number of halogens is 1. The SMILES string of the molecule is CCNC(=O)Nc1cc(C#N)cc(-c2cnc3cc(-c4ccc(F)cc4)ccn23)c1. The molecule has 0 fully saturated rings. The van der Waals surface area contributed by atoms with E-state index in [0.717, 1.165) is 22.4 Å². The van der Waals surface area contributed by atoms with Crippen molar-refractivity contribution in [3.8, 4) is 28.5 Å². The minimum absolute atomic E-state index is 0.280. The highest BCUT2D eigenvalue weighted by Crippen LogP contribution is 2.28. The Morgan fingerprint density at radius 3 is 2.63 bits per heavy atom. The molecule has 0 bridgehead atoms. The largest absolute Gasteiger partial charge is 0.338 e. The number of benzene rings is 2. The first-order valence-electron chi connectivity index (χ1n) is 9.41. The van der Waals surface area contributed by atoms with E-state index in [4.69, 9.17) is 0 Å². The Bertz CT molecular complexity index is 1270. The first kappa shape index (κ1) is 19.2. The lowest BCUT2D eigenvalue weighted by molar-refractivity contribution is 0.252. The van der Waals surface area contributed by atoms with Crippen LogP contribution in [-0.2, 0) is 0 Å². The highest BCUT2D eigenvalue weighted by Gasteiger charge is 2.11. The van der Waals surface area contributed by atoms with E-state index in [1.54, 1.807) is 36.5 Å². The molecule has 0 atom stereocenters. The number of amides is 2. The fourth-order valence-corrected chi connectivity index (χ4v) is 3.26. The predicted octanol–water partition coefficient (Wildman–Crippen LogP) is 4.82. The fourth-order valence-electron chi connectivity index (χ4n) is 3.26. The Labute approximate surface area is 172 Å². The Hall–Kier alpha value is -4.18. The van der Waals surface area contributed by atoms with E-state index < -0.39 is 0 Å². The molecule has 2 heterocycles. The number of carbonyl (C=O) groups is 1. The van der Waals surface area contributed by atoms with Gasteiger partial charge in [0, 0.05) is 24.0 Å². The van der Waals surface area contributed by atoms with E-state index in [1.807, 2.05) is 29.7 Å². The van der Waals surface area contributed by atoms with E-state index in [-0.39, 0.29) is 11.8 Å². The third-order valence-corrected chi connectivity index (χ3v) is 4.64. The van der Waals surface area contributed by atoms with Gasteiger partial charge in [0.1, 0.15) is 11.5 Å². The second-order valence-corrected chi connectivity index (χ2v) is 6.69. The molecule has 148 valence electrons. The van der Waals surface area contributed by atoms with Crippen molar-refractivity contribution in [1.29, 1.82) is 5.26 Å². The quantitative estimate of drug-likeness (QED) is 0.516. The van der Waals surface area contributed by atoms with Crippen LogP contribution in [0, 0.1) is 17.1 Å². The normalized spacial score (nSPS) is 10.6. The average molecular weight is 399 g/mol. The first-order valence-corrected chi connectivity index (χ1v) is 9.41. The van der Waals surface area contributed by atoms with Crippen LogP contribution < -0.4 is 10.6 Å². The van der Waals surface area contributed by atoms with Gasteiger partial charge in [-0.3, -0.25) is 4.40 Å². The maximum absolute atomic E-state index is 13.2. The molecule has 30 heavy (non-hydrogen) atoms. The molecule has 0 spiro atoms. The van der Waals surface area contributed by atoms with Gasteiger partial charge >= 0.3 is 6.03 Å². The van der Waals surface area contributed by atoms with Crippen LogP contribution >= 0.6 is 0 Å². The Balaban J connectivity index is 1.73. The number of aromatic nitrogens is 2. The zero-order chi connectivity index (χ0) is 21.1. The summed E-state index contributed by atoms with van der Waals surface area (Å²) in [5, 5.41) is 14.8. The predicted molar refractivity (Wildman–Crippen MR) is 113 cm³/mol. The van der Waals surface area contributed by atoms with Crippen molar-refractivity contribution in [2.75, 3.05) is 11.9 Å². The van der Waals surface area contributed by atoms with Crippen LogP contribution in [0.5, 0.6) is 0 Å². The molecule has 2 aromatic carbocycles. The topological polar surface area (TPSA) is 82.2 Å². The number of nitrogens with zero attached hydrogens (tertiary/aromatic N) is 3. The van der Waals surface area contributed by atoms with E-state index in [2.05, 4.69) is 21.7 Å². The number of hydrogen-bond donors (Lipinski definition) is 2. The molecule has 2 aromatic heterocycles. The standard InChI is InChI=1S/C23H18FN5O/c1-2-26-23(30)28-20-10-15(13-25)9-18(11-20)21-14-27-22-12-17(7-8-29(21)22)16-3-5-19(24)6-4-16/h3-12,14H,2H2,1H3,(H2,26,28,30). The number of imidazole rings is 1. The maximum Gasteiger partial charge on any atom is 0.319 e. The molecule has 0 aliphatic heterocycles. The number of hydrogen-bond acceptors (Lipinski definition) is 3. The van der Waals surface area contributed by atoms with Crippen LogP contribution in [0.1, 0.15) is 12.5 Å². The van der Waals surface area contributed by atoms with Gasteiger partial charge in [0.25, 0.3) is 0 Å². The average Bonchev–Trinajstić information content (AvgIpc) is 3.17. The monoisotopic (exact) mass is 399 g/mol. The molecule has 7 heteroatoms. The van der Waals surface area contributed by atoms with Crippen molar-refractivity contribution < 1.29 is 9.18 Å². The first-order chi connectivity index (χ1) is 14.6. The Morgan fingerprint density at radius 1 is 1.10 bits per heavy atom. The lowest BCUT2D eigenvalue weighted by Crippen LogP contribution is -2.28. The highest BCUT2D eigenvalue weighted by atomic mass is 19.1. The van der Waals surface area contributed by atoms with Crippen molar-refractivity contribution in [2.45, 2.75) is 6.92 Å². The van der Waals surface area contributed by atoms with E-state index >= 15 is 0 Å². The van der Waals surface area contributed by atoms with Crippen molar-refractivity contribution in [3.63, 3.8) is 0 Å². The zero-order valence-electron chi connectivity index (χ0n) is 16.2. The van der Waals surface area contributed by atoms with Gasteiger partial charge in [0.2, 0.25) is 0 Å². The number of rotatable bonds is 4. The summed E-state index contributed by atoms with van der Waals surface area (Å²) < 4.78 is 15.1. The second kappa shape index (κ2) is 8.05. The summed E-state index contributed by atoms with van der Waals surface area (Å²) in [6.45, 7) is 2.33. The van der Waals surface area contributed by atoms with Gasteiger partial charge in [-0.1, -0.05) is 12.1 Å². The number of anilines is 1. The van der Waals surface area contributed by atoms with Gasteiger partial charge in [-0.15, -0.1) is 0 Å². The number of fused-ring (bicyclic) bond motifs is 1. The highest BCUT2D eigenvalue weighted by molar-refractivity contribution is 5.90. The molecule has 4 rings (SSSR count). The number of urea groups is 1. The molecular weight excluding hydrogens is 381 g/mol. The summed E-state index contributed by atoms with van der Waals surface area (Å²) in [4.78, 5) is 16.3. The van der Waals surface area contributed by atoms with Crippen LogP contribution in [0.2, 0.25) is 0 Å². The van der Waals surface area contributed by atoms with E-state index in [9.17, 15) is 14.4 Å². The van der Waals surface area contributed by atoms with Gasteiger partial charge in [0.15, 0.2) is 0 Å². The summed E-state index contributed by atoms with van der Waals surface area (Å²) in [5.41, 5.74) is 5.01. The molecule has 0 aliphatic rings. The third kappa shape index (κ3) is 3.84. The Morgan fingerprint density at radius 2 is 1.90 bits per heavy atom. The minimum Gasteiger partial charge on any atom is -0.338 e. The third-order valence-electron chi connectivity index (χ3n) is 4.64. The van der Waals surface area contributed by atoms with Crippen molar-refractivity contribution in [3.05, 3.63) is 78.4 Å². The summed E-state index contributed by atoms with van der Waals surface area (Å²) in [6, 6.07) is 17.1. The van der Waals surface area contributed by atoms with Gasteiger partial charge < -0.3 is 10.6 Å². The van der Waals surface area contributed by atoms with Crippen LogP contribution in [0.4, 0.5) is 14.9 Å². The molecule has 2 amide bonds. The molecule has 0 radical (unpaired) electrons. The molecule has 0 unspecified atom stereocenters. The van der Waals surface area contributed by atoms with Crippen molar-refractivity contribution >= 4 is 17.4 Å². The molecule has 0 aliphatic carbocycles. The summed E-state index contributed by atoms with van der Waals surface area (Å²) in [7, 11) is 0. The molecule has 2 N–H and O–H groups in total. The van der Waals surface area contributed by atoms with Crippen LogP contribution in [0.3, 0.4) is 0 Å².